The third-order valence-corrected chi connectivity index (χ3v) is 5.13. The average molecular weight is 286 g/mol. The van der Waals surface area contributed by atoms with Crippen LogP contribution in [0.25, 0.3) is 0 Å². The van der Waals surface area contributed by atoms with Crippen molar-refractivity contribution < 1.29 is 14.7 Å². The Morgan fingerprint density at radius 2 is 1.79 bits per heavy atom. The smallest absolute Gasteiger partial charge is 0.326 e. The molecular weight excluding hydrogens is 264 g/mol. The average Bonchev–Trinajstić information content (AvgIpc) is 3.21. The van der Waals surface area contributed by atoms with Crippen LogP contribution in [0.1, 0.15) is 38.5 Å². The van der Waals surface area contributed by atoms with Crippen molar-refractivity contribution in [3.8, 4) is 0 Å². The Labute approximate surface area is 117 Å². The maximum Gasteiger partial charge on any atom is 0.326 e. The summed E-state index contributed by atoms with van der Waals surface area (Å²) in [5.41, 5.74) is 0. The van der Waals surface area contributed by atoms with Gasteiger partial charge in [0.15, 0.2) is 0 Å². The number of carbonyl (C=O) groups is 2. The third kappa shape index (κ3) is 4.30. The molecule has 19 heavy (non-hydrogen) atoms. The van der Waals surface area contributed by atoms with Crippen LogP contribution in [0.4, 0.5) is 4.79 Å². The lowest BCUT2D eigenvalue weighted by Crippen LogP contribution is -2.50. The molecule has 2 aliphatic carbocycles. The largest absolute Gasteiger partial charge is 0.480 e. The molecule has 0 aromatic carbocycles. The van der Waals surface area contributed by atoms with Crippen LogP contribution < -0.4 is 10.6 Å². The Balaban J connectivity index is 1.73. The molecule has 2 fully saturated rings. The van der Waals surface area contributed by atoms with Gasteiger partial charge in [-0.3, -0.25) is 0 Å². The normalized spacial score (nSPS) is 28.5. The lowest BCUT2D eigenvalue weighted by Gasteiger charge is -2.28. The lowest BCUT2D eigenvalue weighted by molar-refractivity contribution is -0.139. The standard InChI is InChI=1S/C13H22N2O3S/c1-19-10-6-4-9(5-7-10)14-13(18)15-11(12(16)17)8-2-3-8/h8-11H,2-7H2,1H3,(H,16,17)(H2,14,15,18). The van der Waals surface area contributed by atoms with Gasteiger partial charge in [0.2, 0.25) is 0 Å². The highest BCUT2D eigenvalue weighted by Gasteiger charge is 2.37. The molecule has 0 heterocycles. The van der Waals surface area contributed by atoms with E-state index < -0.39 is 12.0 Å². The van der Waals surface area contributed by atoms with Gasteiger partial charge in [0, 0.05) is 11.3 Å². The SMILES string of the molecule is CSC1CCC(NC(=O)NC(C(=O)O)C2CC2)CC1. The van der Waals surface area contributed by atoms with Crippen molar-refractivity contribution in [2.45, 2.75) is 55.9 Å². The summed E-state index contributed by atoms with van der Waals surface area (Å²) >= 11 is 1.89. The number of hydrogen-bond donors (Lipinski definition) is 3. The molecule has 108 valence electrons. The van der Waals surface area contributed by atoms with Gasteiger partial charge in [-0.25, -0.2) is 9.59 Å². The van der Waals surface area contributed by atoms with Crippen LogP contribution in [0.15, 0.2) is 0 Å². The number of carboxylic acid groups (broad SMARTS) is 1. The van der Waals surface area contributed by atoms with E-state index in [9.17, 15) is 9.59 Å². The minimum atomic E-state index is -0.927. The van der Waals surface area contributed by atoms with Crippen molar-refractivity contribution in [3.05, 3.63) is 0 Å². The monoisotopic (exact) mass is 286 g/mol. The minimum absolute atomic E-state index is 0.121. The summed E-state index contributed by atoms with van der Waals surface area (Å²) in [4.78, 5) is 22.9. The Morgan fingerprint density at radius 3 is 2.26 bits per heavy atom. The van der Waals surface area contributed by atoms with Crippen molar-refractivity contribution in [1.29, 1.82) is 0 Å². The zero-order valence-corrected chi connectivity index (χ0v) is 12.0. The molecule has 2 rings (SSSR count). The fraction of sp³-hybridized carbons (Fsp3) is 0.846. The van der Waals surface area contributed by atoms with E-state index in [1.165, 1.54) is 0 Å². The number of rotatable bonds is 5. The van der Waals surface area contributed by atoms with Gasteiger partial charge in [-0.15, -0.1) is 0 Å². The van der Waals surface area contributed by atoms with Gasteiger partial charge in [0.1, 0.15) is 6.04 Å². The number of nitrogens with one attached hydrogen (secondary N) is 2. The molecule has 2 aliphatic rings. The van der Waals surface area contributed by atoms with Crippen LogP contribution in [0.2, 0.25) is 0 Å². The molecule has 1 atom stereocenters. The Bertz CT molecular complexity index is 339. The number of amides is 2. The molecular formula is C13H22N2O3S. The van der Waals surface area contributed by atoms with Crippen LogP contribution >= 0.6 is 11.8 Å². The number of aliphatic carboxylic acids is 1. The van der Waals surface area contributed by atoms with Crippen molar-refractivity contribution >= 4 is 23.8 Å². The first-order chi connectivity index (χ1) is 9.10. The second kappa shape index (κ2) is 6.50. The van der Waals surface area contributed by atoms with Crippen LogP contribution in [0.5, 0.6) is 0 Å². The van der Waals surface area contributed by atoms with Crippen LogP contribution in [0.3, 0.4) is 0 Å². The molecule has 0 aromatic heterocycles. The van der Waals surface area contributed by atoms with Gasteiger partial charge in [0.05, 0.1) is 0 Å². The van der Waals surface area contributed by atoms with Gasteiger partial charge >= 0.3 is 12.0 Å². The second-order valence-electron chi connectivity index (χ2n) is 5.48. The second-order valence-corrected chi connectivity index (χ2v) is 6.62. The molecule has 0 radical (unpaired) electrons. The number of urea groups is 1. The summed E-state index contributed by atoms with van der Waals surface area (Å²) in [5.74, 6) is -0.806. The quantitative estimate of drug-likeness (QED) is 0.720. The van der Waals surface area contributed by atoms with Crippen molar-refractivity contribution in [1.82, 2.24) is 10.6 Å². The maximum absolute atomic E-state index is 11.8. The topological polar surface area (TPSA) is 78.4 Å². The summed E-state index contributed by atoms with van der Waals surface area (Å²) in [6.07, 6.45) is 8.14. The summed E-state index contributed by atoms with van der Waals surface area (Å²) in [6, 6.07) is -0.855. The molecule has 1 unspecified atom stereocenters. The number of carboxylic acids is 1. The van der Waals surface area contributed by atoms with Gasteiger partial charge in [0.25, 0.3) is 0 Å². The number of thioether (sulfide) groups is 1. The van der Waals surface area contributed by atoms with E-state index in [2.05, 4.69) is 16.9 Å². The first-order valence-corrected chi connectivity index (χ1v) is 8.21. The predicted molar refractivity (Wildman–Crippen MR) is 75.4 cm³/mol. The van der Waals surface area contributed by atoms with Crippen LogP contribution in [-0.2, 0) is 4.79 Å². The van der Waals surface area contributed by atoms with E-state index in [0.29, 0.717) is 5.25 Å². The number of hydrogen-bond acceptors (Lipinski definition) is 3. The van der Waals surface area contributed by atoms with Gasteiger partial charge in [-0.1, -0.05) is 0 Å². The van der Waals surface area contributed by atoms with Crippen LogP contribution in [0, 0.1) is 5.92 Å². The van der Waals surface area contributed by atoms with Gasteiger partial charge in [-0.2, -0.15) is 11.8 Å². The molecule has 0 bridgehead atoms. The highest BCUT2D eigenvalue weighted by molar-refractivity contribution is 7.99. The number of carbonyl (C=O) groups excluding carboxylic acids is 1. The van der Waals surface area contributed by atoms with E-state index >= 15 is 0 Å². The fourth-order valence-electron chi connectivity index (χ4n) is 2.62. The molecule has 2 saturated carbocycles. The van der Waals surface area contributed by atoms with Crippen molar-refractivity contribution in [2.75, 3.05) is 6.26 Å². The van der Waals surface area contributed by atoms with Crippen molar-refractivity contribution in [2.24, 2.45) is 5.92 Å². The predicted octanol–water partition coefficient (Wildman–Crippen LogP) is 1.82. The van der Waals surface area contributed by atoms with Gasteiger partial charge < -0.3 is 15.7 Å². The first kappa shape index (κ1) is 14.5. The summed E-state index contributed by atoms with van der Waals surface area (Å²) in [6.45, 7) is 0. The summed E-state index contributed by atoms with van der Waals surface area (Å²) in [5, 5.41) is 15.3. The van der Waals surface area contributed by atoms with E-state index in [1.807, 2.05) is 11.8 Å². The van der Waals surface area contributed by atoms with E-state index in [1.54, 1.807) is 0 Å². The van der Waals surface area contributed by atoms with E-state index in [-0.39, 0.29) is 18.0 Å². The molecule has 0 saturated heterocycles. The van der Waals surface area contributed by atoms with E-state index in [4.69, 9.17) is 5.11 Å². The summed E-state index contributed by atoms with van der Waals surface area (Å²) < 4.78 is 0. The fourth-order valence-corrected chi connectivity index (χ4v) is 3.37. The zero-order valence-electron chi connectivity index (χ0n) is 11.2. The minimum Gasteiger partial charge on any atom is -0.480 e. The van der Waals surface area contributed by atoms with Crippen LogP contribution in [-0.4, -0.2) is 40.7 Å². The Hall–Kier alpha value is -0.910. The third-order valence-electron chi connectivity index (χ3n) is 3.99. The molecule has 0 aromatic rings. The Morgan fingerprint density at radius 1 is 1.16 bits per heavy atom. The first-order valence-electron chi connectivity index (χ1n) is 6.92. The molecule has 2 amide bonds. The lowest BCUT2D eigenvalue weighted by atomic mass is 9.95. The zero-order chi connectivity index (χ0) is 13.8. The maximum atomic E-state index is 11.8. The molecule has 0 aliphatic heterocycles. The van der Waals surface area contributed by atoms with Gasteiger partial charge in [-0.05, 0) is 50.7 Å². The molecule has 5 nitrogen and oxygen atoms in total. The van der Waals surface area contributed by atoms with Crippen molar-refractivity contribution in [3.63, 3.8) is 0 Å². The summed E-state index contributed by atoms with van der Waals surface area (Å²) in [7, 11) is 0. The Kier molecular flexibility index (Phi) is 4.96. The molecule has 3 N–H and O–H groups in total. The highest BCUT2D eigenvalue weighted by Crippen LogP contribution is 2.32. The van der Waals surface area contributed by atoms with E-state index in [0.717, 1.165) is 38.5 Å². The highest BCUT2D eigenvalue weighted by atomic mass is 32.2. The molecule has 0 spiro atoms. The molecule has 6 heteroatoms.